The van der Waals surface area contributed by atoms with Gasteiger partial charge in [0.1, 0.15) is 11.5 Å². The second-order valence-corrected chi connectivity index (χ2v) is 6.94. The predicted octanol–water partition coefficient (Wildman–Crippen LogP) is 2.68. The molecule has 6 nitrogen and oxygen atoms in total. The number of benzene rings is 2. The molecule has 1 amide bonds. The van der Waals surface area contributed by atoms with Crippen molar-refractivity contribution in [2.24, 2.45) is 0 Å². The number of likely N-dealkylation sites (tertiary alicyclic amines) is 1. The number of hydrogen-bond acceptors (Lipinski definition) is 5. The number of likely N-dealkylation sites (N-methyl/N-ethyl adjacent to an activating group) is 1. The van der Waals surface area contributed by atoms with Crippen LogP contribution in [-0.4, -0.2) is 60.9 Å². The summed E-state index contributed by atoms with van der Waals surface area (Å²) in [6, 6.07) is 15.4. The molecule has 0 saturated carbocycles. The number of ether oxygens (including phenoxy) is 1. The second-order valence-electron chi connectivity index (χ2n) is 6.94. The Morgan fingerprint density at radius 1 is 1.11 bits per heavy atom. The van der Waals surface area contributed by atoms with Crippen LogP contribution in [0.25, 0.3) is 5.76 Å². The zero-order valence-electron chi connectivity index (χ0n) is 16.3. The number of carbonyl (C=O) groups excluding carboxylic acids is 2. The fraction of sp³-hybridized carbons (Fsp3) is 0.273. The molecule has 1 saturated heterocycles. The summed E-state index contributed by atoms with van der Waals surface area (Å²) in [4.78, 5) is 29.1. The number of hydrogen-bond donors (Lipinski definition) is 1. The Morgan fingerprint density at radius 2 is 1.82 bits per heavy atom. The van der Waals surface area contributed by atoms with Crippen LogP contribution in [0.5, 0.6) is 5.75 Å². The van der Waals surface area contributed by atoms with Crippen LogP contribution < -0.4 is 4.74 Å². The predicted molar refractivity (Wildman–Crippen MR) is 107 cm³/mol. The number of rotatable bonds is 6. The molecule has 6 heteroatoms. The highest BCUT2D eigenvalue weighted by atomic mass is 16.5. The third kappa shape index (κ3) is 3.77. The van der Waals surface area contributed by atoms with Crippen molar-refractivity contribution in [3.8, 4) is 5.75 Å². The lowest BCUT2D eigenvalue weighted by Gasteiger charge is -2.26. The number of nitrogens with zero attached hydrogens (tertiary/aromatic N) is 2. The Kier molecular flexibility index (Phi) is 5.80. The van der Waals surface area contributed by atoms with E-state index in [0.717, 1.165) is 5.56 Å². The van der Waals surface area contributed by atoms with E-state index in [1.54, 1.807) is 43.5 Å². The number of Topliss-reactive ketones (excluding diaryl/α,β-unsaturated/α-hetero) is 1. The third-order valence-corrected chi connectivity index (χ3v) is 4.78. The quantitative estimate of drug-likeness (QED) is 0.474. The first kappa shape index (κ1) is 19.6. The average Bonchev–Trinajstić information content (AvgIpc) is 2.97. The van der Waals surface area contributed by atoms with Gasteiger partial charge >= 0.3 is 0 Å². The monoisotopic (exact) mass is 380 g/mol. The Morgan fingerprint density at radius 3 is 2.46 bits per heavy atom. The number of aliphatic hydroxyl groups is 1. The number of aliphatic hydroxyl groups excluding tert-OH is 1. The molecular formula is C22H24N2O4. The zero-order valence-corrected chi connectivity index (χ0v) is 16.3. The zero-order chi connectivity index (χ0) is 20.3. The van der Waals surface area contributed by atoms with Gasteiger partial charge in [0, 0.05) is 18.7 Å². The van der Waals surface area contributed by atoms with Crippen LogP contribution in [0.2, 0.25) is 0 Å². The fourth-order valence-electron chi connectivity index (χ4n) is 3.33. The summed E-state index contributed by atoms with van der Waals surface area (Å²) < 4.78 is 5.31. The summed E-state index contributed by atoms with van der Waals surface area (Å²) in [6.07, 6.45) is 0. The van der Waals surface area contributed by atoms with E-state index in [9.17, 15) is 14.7 Å². The van der Waals surface area contributed by atoms with Crippen LogP contribution in [0.15, 0.2) is 60.2 Å². The Balaban J connectivity index is 2.15. The number of amides is 1. The summed E-state index contributed by atoms with van der Waals surface area (Å²) in [5.74, 6) is -0.824. The normalized spacial score (nSPS) is 18.7. The van der Waals surface area contributed by atoms with Crippen molar-refractivity contribution in [3.63, 3.8) is 0 Å². The molecule has 0 aromatic heterocycles. The largest absolute Gasteiger partial charge is 0.507 e. The van der Waals surface area contributed by atoms with E-state index < -0.39 is 17.7 Å². The van der Waals surface area contributed by atoms with Gasteiger partial charge < -0.3 is 19.6 Å². The van der Waals surface area contributed by atoms with E-state index in [1.165, 1.54) is 4.90 Å². The van der Waals surface area contributed by atoms with Gasteiger partial charge in [0.25, 0.3) is 11.7 Å². The molecule has 146 valence electrons. The van der Waals surface area contributed by atoms with Gasteiger partial charge in [0.05, 0.1) is 18.7 Å². The summed E-state index contributed by atoms with van der Waals surface area (Å²) in [5, 5.41) is 10.9. The van der Waals surface area contributed by atoms with E-state index in [-0.39, 0.29) is 11.3 Å². The van der Waals surface area contributed by atoms with Gasteiger partial charge in [-0.25, -0.2) is 0 Å². The first-order valence-corrected chi connectivity index (χ1v) is 9.06. The number of methoxy groups -OCH3 is 1. The molecular weight excluding hydrogens is 356 g/mol. The Bertz CT molecular complexity index is 906. The lowest BCUT2D eigenvalue weighted by atomic mass is 9.95. The van der Waals surface area contributed by atoms with Crippen LogP contribution in [0.1, 0.15) is 17.2 Å². The molecule has 0 unspecified atom stereocenters. The molecule has 1 fully saturated rings. The maximum absolute atomic E-state index is 12.9. The molecule has 0 spiro atoms. The molecule has 1 aliphatic rings. The van der Waals surface area contributed by atoms with Crippen molar-refractivity contribution in [2.45, 2.75) is 6.04 Å². The molecule has 0 radical (unpaired) electrons. The highest BCUT2D eigenvalue weighted by Crippen LogP contribution is 2.40. The molecule has 28 heavy (non-hydrogen) atoms. The van der Waals surface area contributed by atoms with Gasteiger partial charge in [-0.05, 0) is 31.8 Å². The maximum Gasteiger partial charge on any atom is 0.295 e. The molecule has 2 aromatic carbocycles. The van der Waals surface area contributed by atoms with Crippen LogP contribution >= 0.6 is 0 Å². The SMILES string of the molecule is COc1cccc([C@H]2/C(=C(\O)c3ccccc3)C(=O)C(=O)N2CCN(C)C)c1. The van der Waals surface area contributed by atoms with Crippen LogP contribution in [0.4, 0.5) is 0 Å². The van der Waals surface area contributed by atoms with Gasteiger partial charge in [-0.1, -0.05) is 42.5 Å². The van der Waals surface area contributed by atoms with Gasteiger partial charge in [-0.3, -0.25) is 9.59 Å². The molecule has 1 atom stereocenters. The molecule has 1 aliphatic heterocycles. The Hall–Kier alpha value is -3.12. The fourth-order valence-corrected chi connectivity index (χ4v) is 3.33. The molecule has 3 rings (SSSR count). The van der Waals surface area contributed by atoms with Crippen LogP contribution in [0, 0.1) is 0 Å². The summed E-state index contributed by atoms with van der Waals surface area (Å²) in [7, 11) is 5.37. The summed E-state index contributed by atoms with van der Waals surface area (Å²) in [5.41, 5.74) is 1.32. The van der Waals surface area contributed by atoms with Gasteiger partial charge in [-0.15, -0.1) is 0 Å². The van der Waals surface area contributed by atoms with Crippen molar-refractivity contribution >= 4 is 17.4 Å². The minimum Gasteiger partial charge on any atom is -0.507 e. The Labute approximate surface area is 164 Å². The van der Waals surface area contributed by atoms with E-state index in [2.05, 4.69) is 0 Å². The smallest absolute Gasteiger partial charge is 0.295 e. The van der Waals surface area contributed by atoms with Gasteiger partial charge in [-0.2, -0.15) is 0 Å². The third-order valence-electron chi connectivity index (χ3n) is 4.78. The minimum atomic E-state index is -0.673. The highest BCUT2D eigenvalue weighted by Gasteiger charge is 2.45. The van der Waals surface area contributed by atoms with Crippen molar-refractivity contribution in [1.29, 1.82) is 0 Å². The second kappa shape index (κ2) is 8.27. The topological polar surface area (TPSA) is 70.1 Å². The van der Waals surface area contributed by atoms with Crippen LogP contribution in [0.3, 0.4) is 0 Å². The van der Waals surface area contributed by atoms with E-state index in [0.29, 0.717) is 24.4 Å². The van der Waals surface area contributed by atoms with Gasteiger partial charge in [0.15, 0.2) is 0 Å². The maximum atomic E-state index is 12.9. The number of carbonyl (C=O) groups is 2. The van der Waals surface area contributed by atoms with Crippen molar-refractivity contribution < 1.29 is 19.4 Å². The molecule has 1 N–H and O–H groups in total. The summed E-state index contributed by atoms with van der Waals surface area (Å²) >= 11 is 0. The van der Waals surface area contributed by atoms with Crippen molar-refractivity contribution in [3.05, 3.63) is 71.3 Å². The molecule has 0 bridgehead atoms. The lowest BCUT2D eigenvalue weighted by Crippen LogP contribution is -2.35. The standard InChI is InChI=1S/C22H24N2O4/c1-23(2)12-13-24-19(16-10-7-11-17(14-16)28-3)18(21(26)22(24)27)20(25)15-8-5-4-6-9-15/h4-11,14,19,25H,12-13H2,1-3H3/b20-18+/t19-/m0/s1. The molecule has 0 aliphatic carbocycles. The highest BCUT2D eigenvalue weighted by molar-refractivity contribution is 6.46. The average molecular weight is 380 g/mol. The van der Waals surface area contributed by atoms with Crippen molar-refractivity contribution in [1.82, 2.24) is 9.80 Å². The first-order valence-electron chi connectivity index (χ1n) is 9.06. The lowest BCUT2D eigenvalue weighted by molar-refractivity contribution is -0.140. The van der Waals surface area contributed by atoms with E-state index >= 15 is 0 Å². The first-order chi connectivity index (χ1) is 13.4. The van der Waals surface area contributed by atoms with E-state index in [4.69, 9.17) is 4.74 Å². The molecule has 1 heterocycles. The minimum absolute atomic E-state index is 0.100. The number of ketones is 1. The summed E-state index contributed by atoms with van der Waals surface area (Å²) in [6.45, 7) is 0.962. The molecule has 2 aromatic rings. The van der Waals surface area contributed by atoms with Gasteiger partial charge in [0.2, 0.25) is 0 Å². The van der Waals surface area contributed by atoms with E-state index in [1.807, 2.05) is 37.2 Å². The van der Waals surface area contributed by atoms with Crippen LogP contribution in [-0.2, 0) is 9.59 Å². The van der Waals surface area contributed by atoms with Crippen molar-refractivity contribution in [2.75, 3.05) is 34.3 Å².